The Morgan fingerprint density at radius 2 is 1.39 bits per heavy atom. The third-order valence-corrected chi connectivity index (χ3v) is 5.82. The summed E-state index contributed by atoms with van der Waals surface area (Å²) in [4.78, 5) is 61.5. The molecule has 0 saturated heterocycles. The first-order chi connectivity index (χ1) is 17.9. The van der Waals surface area contributed by atoms with Gasteiger partial charge < -0.3 is 37.6 Å². The number of rotatable bonds is 18. The molecule has 3 amide bonds. The Bertz CT molecular complexity index is 926. The molecule has 0 aliphatic carbocycles. The van der Waals surface area contributed by atoms with E-state index in [1.807, 2.05) is 13.8 Å². The lowest BCUT2D eigenvalue weighted by molar-refractivity contribution is -0.142. The summed E-state index contributed by atoms with van der Waals surface area (Å²) in [6.07, 6.45) is 1.23. The lowest BCUT2D eigenvalue weighted by Crippen LogP contribution is -2.57. The topological polar surface area (TPSA) is 214 Å². The highest BCUT2D eigenvalue weighted by molar-refractivity contribution is 5.94. The number of benzene rings is 1. The summed E-state index contributed by atoms with van der Waals surface area (Å²) in [5.74, 6) is -4.29. The van der Waals surface area contributed by atoms with Gasteiger partial charge in [-0.2, -0.15) is 0 Å². The third kappa shape index (κ3) is 12.6. The van der Waals surface area contributed by atoms with Crippen molar-refractivity contribution in [2.24, 2.45) is 17.4 Å². The molecule has 1 aromatic carbocycles. The first-order valence-electron chi connectivity index (χ1n) is 12.8. The molecule has 1 rings (SSSR count). The standard InChI is InChI=1S/C26H41N5O7/c1-16(2)14-20(24(35)29-19(26(37)38)10-6-7-13-27)31-25(36)21(15-17-8-4-3-5-9-17)30-23(34)18(28)11-12-22(32)33/h3-5,8-9,16,18-21H,6-7,10-15,27-28H2,1-2H3,(H,29,35)(H,30,34)(H,31,36)(H,32,33)(H,37,38). The number of aliphatic carboxylic acids is 2. The van der Waals surface area contributed by atoms with Crippen LogP contribution in [0.3, 0.4) is 0 Å². The summed E-state index contributed by atoms with van der Waals surface area (Å²) < 4.78 is 0. The normalized spacial score (nSPS) is 14.1. The van der Waals surface area contributed by atoms with E-state index in [2.05, 4.69) is 16.0 Å². The molecule has 38 heavy (non-hydrogen) atoms. The number of nitrogens with two attached hydrogens (primary N) is 2. The van der Waals surface area contributed by atoms with Crippen molar-refractivity contribution in [1.82, 2.24) is 16.0 Å². The molecular formula is C26H41N5O7. The van der Waals surface area contributed by atoms with Crippen molar-refractivity contribution in [3.63, 3.8) is 0 Å². The highest BCUT2D eigenvalue weighted by Gasteiger charge is 2.31. The maximum atomic E-state index is 13.3. The molecule has 12 nitrogen and oxygen atoms in total. The summed E-state index contributed by atoms with van der Waals surface area (Å²) in [7, 11) is 0. The Kier molecular flexibility index (Phi) is 14.6. The van der Waals surface area contributed by atoms with Gasteiger partial charge in [0.1, 0.15) is 18.1 Å². The highest BCUT2D eigenvalue weighted by atomic mass is 16.4. The summed E-state index contributed by atoms with van der Waals surface area (Å²) in [5, 5.41) is 26.1. The molecule has 212 valence electrons. The van der Waals surface area contributed by atoms with Gasteiger partial charge in [0.2, 0.25) is 17.7 Å². The molecule has 4 unspecified atom stereocenters. The van der Waals surface area contributed by atoms with Crippen LogP contribution in [-0.4, -0.2) is 70.6 Å². The van der Waals surface area contributed by atoms with Crippen LogP contribution in [-0.2, 0) is 30.4 Å². The SMILES string of the molecule is CC(C)CC(NC(=O)C(Cc1ccccc1)NC(=O)C(N)CCC(=O)O)C(=O)NC(CCCCN)C(=O)O. The predicted molar refractivity (Wildman–Crippen MR) is 141 cm³/mol. The molecule has 0 radical (unpaired) electrons. The molecule has 0 bridgehead atoms. The summed E-state index contributed by atoms with van der Waals surface area (Å²) in [5.41, 5.74) is 12.0. The van der Waals surface area contributed by atoms with Crippen molar-refractivity contribution < 1.29 is 34.2 Å². The van der Waals surface area contributed by atoms with E-state index in [1.54, 1.807) is 30.3 Å². The molecule has 9 N–H and O–H groups in total. The molecule has 0 aromatic heterocycles. The van der Waals surface area contributed by atoms with Gasteiger partial charge in [-0.3, -0.25) is 19.2 Å². The van der Waals surface area contributed by atoms with Gasteiger partial charge in [0.25, 0.3) is 0 Å². The fourth-order valence-electron chi connectivity index (χ4n) is 3.75. The second-order valence-corrected chi connectivity index (χ2v) is 9.66. The molecule has 0 fully saturated rings. The van der Waals surface area contributed by atoms with Gasteiger partial charge in [-0.15, -0.1) is 0 Å². The first kappa shape index (κ1) is 32.5. The van der Waals surface area contributed by atoms with Crippen LogP contribution in [0.1, 0.15) is 57.9 Å². The van der Waals surface area contributed by atoms with E-state index in [-0.39, 0.29) is 38.0 Å². The first-order valence-corrected chi connectivity index (χ1v) is 12.8. The maximum Gasteiger partial charge on any atom is 0.326 e. The molecule has 0 aliphatic heterocycles. The minimum absolute atomic E-state index is 0.0156. The average molecular weight is 536 g/mol. The third-order valence-electron chi connectivity index (χ3n) is 5.82. The van der Waals surface area contributed by atoms with Crippen molar-refractivity contribution in [2.75, 3.05) is 6.54 Å². The molecule has 0 saturated carbocycles. The number of carbonyl (C=O) groups excluding carboxylic acids is 3. The van der Waals surface area contributed by atoms with Gasteiger partial charge in [-0.1, -0.05) is 44.2 Å². The quantitative estimate of drug-likeness (QED) is 0.127. The number of carboxylic acids is 2. The summed E-state index contributed by atoms with van der Waals surface area (Å²) >= 11 is 0. The monoisotopic (exact) mass is 535 g/mol. The van der Waals surface area contributed by atoms with Crippen LogP contribution in [0.25, 0.3) is 0 Å². The number of amides is 3. The van der Waals surface area contributed by atoms with Gasteiger partial charge in [0, 0.05) is 12.8 Å². The van der Waals surface area contributed by atoms with Gasteiger partial charge in [0.15, 0.2) is 0 Å². The number of unbranched alkanes of at least 4 members (excludes halogenated alkanes) is 1. The molecule has 4 atom stereocenters. The molecular weight excluding hydrogens is 494 g/mol. The van der Waals surface area contributed by atoms with E-state index in [0.29, 0.717) is 19.4 Å². The van der Waals surface area contributed by atoms with Crippen molar-refractivity contribution in [2.45, 2.75) is 83.0 Å². The maximum absolute atomic E-state index is 13.3. The summed E-state index contributed by atoms with van der Waals surface area (Å²) in [6, 6.07) is 4.46. The van der Waals surface area contributed by atoms with Crippen LogP contribution < -0.4 is 27.4 Å². The van der Waals surface area contributed by atoms with Crippen molar-refractivity contribution in [1.29, 1.82) is 0 Å². The zero-order valence-electron chi connectivity index (χ0n) is 22.0. The van der Waals surface area contributed by atoms with E-state index in [0.717, 1.165) is 5.56 Å². The van der Waals surface area contributed by atoms with Gasteiger partial charge in [0.05, 0.1) is 6.04 Å². The van der Waals surface area contributed by atoms with Crippen LogP contribution in [0.5, 0.6) is 0 Å². The van der Waals surface area contributed by atoms with Crippen molar-refractivity contribution >= 4 is 29.7 Å². The lowest BCUT2D eigenvalue weighted by atomic mass is 10.00. The van der Waals surface area contributed by atoms with Crippen LogP contribution in [0, 0.1) is 5.92 Å². The van der Waals surface area contributed by atoms with Crippen LogP contribution in [0.4, 0.5) is 0 Å². The Morgan fingerprint density at radius 1 is 0.816 bits per heavy atom. The lowest BCUT2D eigenvalue weighted by Gasteiger charge is -2.26. The second-order valence-electron chi connectivity index (χ2n) is 9.66. The molecule has 0 spiro atoms. The highest BCUT2D eigenvalue weighted by Crippen LogP contribution is 2.10. The van der Waals surface area contributed by atoms with Gasteiger partial charge in [-0.25, -0.2) is 4.79 Å². The van der Waals surface area contributed by atoms with Crippen LogP contribution in [0.2, 0.25) is 0 Å². The number of nitrogens with one attached hydrogen (secondary N) is 3. The fraction of sp³-hybridized carbons (Fsp3) is 0.577. The zero-order valence-corrected chi connectivity index (χ0v) is 22.0. The molecule has 1 aromatic rings. The van der Waals surface area contributed by atoms with E-state index < -0.39 is 53.8 Å². The van der Waals surface area contributed by atoms with Crippen LogP contribution >= 0.6 is 0 Å². The van der Waals surface area contributed by atoms with E-state index in [1.165, 1.54) is 0 Å². The number of hydrogen-bond acceptors (Lipinski definition) is 7. The minimum Gasteiger partial charge on any atom is -0.481 e. The van der Waals surface area contributed by atoms with Gasteiger partial charge in [-0.05, 0) is 50.1 Å². The molecule has 0 heterocycles. The smallest absolute Gasteiger partial charge is 0.326 e. The van der Waals surface area contributed by atoms with E-state index >= 15 is 0 Å². The van der Waals surface area contributed by atoms with E-state index in [4.69, 9.17) is 16.6 Å². The van der Waals surface area contributed by atoms with E-state index in [9.17, 15) is 29.1 Å². The second kappa shape index (κ2) is 17.1. The molecule has 0 aliphatic rings. The Labute approximate surface area is 222 Å². The molecule has 12 heteroatoms. The average Bonchev–Trinajstić information content (AvgIpc) is 2.85. The zero-order chi connectivity index (χ0) is 28.7. The number of hydrogen-bond donors (Lipinski definition) is 7. The van der Waals surface area contributed by atoms with Gasteiger partial charge >= 0.3 is 11.9 Å². The number of carboxylic acid groups (broad SMARTS) is 2. The van der Waals surface area contributed by atoms with Crippen molar-refractivity contribution in [3.8, 4) is 0 Å². The predicted octanol–water partition coefficient (Wildman–Crippen LogP) is 0.135. The fourth-order valence-corrected chi connectivity index (χ4v) is 3.75. The minimum atomic E-state index is -1.19. The van der Waals surface area contributed by atoms with Crippen molar-refractivity contribution in [3.05, 3.63) is 35.9 Å². The Morgan fingerprint density at radius 3 is 1.95 bits per heavy atom. The number of carbonyl (C=O) groups is 5. The Balaban J connectivity index is 3.06. The largest absolute Gasteiger partial charge is 0.481 e. The van der Waals surface area contributed by atoms with Crippen LogP contribution in [0.15, 0.2) is 30.3 Å². The summed E-state index contributed by atoms with van der Waals surface area (Å²) in [6.45, 7) is 4.11. The Hall–Kier alpha value is -3.51.